The Kier molecular flexibility index (Phi) is 7.78. The average molecular weight is 200 g/mol. The third kappa shape index (κ3) is 4.87. The van der Waals surface area contributed by atoms with Crippen molar-refractivity contribution in [3.8, 4) is 0 Å². The lowest BCUT2D eigenvalue weighted by molar-refractivity contribution is -0.00000239. The molecular weight excluding hydrogens is 182 g/mol. The Labute approximate surface area is 79.5 Å². The third-order valence-corrected chi connectivity index (χ3v) is 2.94. The fourth-order valence-electron chi connectivity index (χ4n) is 0.980. The fourth-order valence-corrected chi connectivity index (χ4v) is 2.94. The van der Waals surface area contributed by atoms with Gasteiger partial charge in [-0.05, 0) is 0 Å². The summed E-state index contributed by atoms with van der Waals surface area (Å²) in [5.41, 5.74) is 0. The van der Waals surface area contributed by atoms with Gasteiger partial charge >= 0.3 is 0 Å². The first kappa shape index (κ1) is 14.1. The summed E-state index contributed by atoms with van der Waals surface area (Å²) in [6.45, 7) is 0. The number of halogens is 1. The molecule has 0 aliphatic heterocycles. The summed E-state index contributed by atoms with van der Waals surface area (Å²) in [6, 6.07) is 0. The predicted molar refractivity (Wildman–Crippen MR) is 48.4 cm³/mol. The van der Waals surface area contributed by atoms with E-state index in [1.165, 1.54) is 0 Å². The molecule has 0 saturated carbocycles. The van der Waals surface area contributed by atoms with Gasteiger partial charge in [0.05, 0.1) is 0 Å². The summed E-state index contributed by atoms with van der Waals surface area (Å²) in [7, 11) is 12.5. The zero-order valence-corrected chi connectivity index (χ0v) is 9.70. The number of nitrogens with zero attached hydrogens (tertiary/aromatic N) is 3. The maximum atomic E-state index is 2.19. The van der Waals surface area contributed by atoms with Crippen molar-refractivity contribution in [1.29, 1.82) is 0 Å². The first-order valence-corrected chi connectivity index (χ1v) is 4.33. The zero-order chi connectivity index (χ0) is 8.31. The van der Waals surface area contributed by atoms with E-state index >= 15 is 0 Å². The Balaban J connectivity index is 0. The molecule has 0 heterocycles. The SMILES string of the molecule is CN(C)[S+](N(C)C)N(C)C.[Cl-]. The molecule has 11 heavy (non-hydrogen) atoms. The van der Waals surface area contributed by atoms with Crippen LogP contribution in [0.25, 0.3) is 0 Å². The van der Waals surface area contributed by atoms with Crippen molar-refractivity contribution in [3.63, 3.8) is 0 Å². The fraction of sp³-hybridized carbons (Fsp3) is 1.00. The third-order valence-electron chi connectivity index (χ3n) is 0.980. The maximum absolute atomic E-state index is 2.19. The van der Waals surface area contributed by atoms with Crippen molar-refractivity contribution in [1.82, 2.24) is 12.9 Å². The van der Waals surface area contributed by atoms with Gasteiger partial charge in [0.15, 0.2) is 0 Å². The lowest BCUT2D eigenvalue weighted by Crippen LogP contribution is -3.00. The highest BCUT2D eigenvalue weighted by Crippen LogP contribution is 2.05. The molecule has 0 fully saturated rings. The van der Waals surface area contributed by atoms with Crippen LogP contribution in [-0.4, -0.2) is 55.2 Å². The van der Waals surface area contributed by atoms with Gasteiger partial charge in [-0.25, -0.2) is 0 Å². The van der Waals surface area contributed by atoms with Crippen molar-refractivity contribution in [3.05, 3.63) is 0 Å². The molecule has 0 radical (unpaired) electrons. The molecule has 0 N–H and O–H groups in total. The Bertz CT molecular complexity index is 78.8. The van der Waals surface area contributed by atoms with Crippen LogP contribution in [0, 0.1) is 0 Å². The van der Waals surface area contributed by atoms with Crippen LogP contribution < -0.4 is 12.4 Å². The molecule has 0 amide bonds. The Hall–Kier alpha value is 0.520. The van der Waals surface area contributed by atoms with E-state index in [0.29, 0.717) is 0 Å². The molecule has 0 aromatic heterocycles. The number of hydrogen-bond donors (Lipinski definition) is 0. The Morgan fingerprint density at radius 2 is 0.818 bits per heavy atom. The van der Waals surface area contributed by atoms with Crippen molar-refractivity contribution in [2.45, 2.75) is 0 Å². The van der Waals surface area contributed by atoms with E-state index < -0.39 is 0 Å². The molecule has 0 atom stereocenters. The van der Waals surface area contributed by atoms with Crippen LogP contribution in [0.1, 0.15) is 0 Å². The normalized spacial score (nSPS) is 11.5. The minimum atomic E-state index is 0. The number of rotatable bonds is 3. The van der Waals surface area contributed by atoms with Gasteiger partial charge in [-0.3, -0.25) is 0 Å². The second-order valence-corrected chi connectivity index (χ2v) is 5.36. The average Bonchev–Trinajstić information content (AvgIpc) is 1.59. The predicted octanol–water partition coefficient (Wildman–Crippen LogP) is -2.96. The van der Waals surface area contributed by atoms with Gasteiger partial charge in [0.1, 0.15) is 0 Å². The van der Waals surface area contributed by atoms with Gasteiger partial charge in [0, 0.05) is 42.3 Å². The number of hydrogen-bond acceptors (Lipinski definition) is 3. The highest BCUT2D eigenvalue weighted by atomic mass is 35.5. The highest BCUT2D eigenvalue weighted by Gasteiger charge is 2.29. The molecule has 0 aliphatic carbocycles. The monoisotopic (exact) mass is 199 g/mol. The molecule has 0 saturated heterocycles. The zero-order valence-electron chi connectivity index (χ0n) is 8.13. The van der Waals surface area contributed by atoms with E-state index in [9.17, 15) is 0 Å². The van der Waals surface area contributed by atoms with E-state index in [0.717, 1.165) is 0 Å². The topological polar surface area (TPSA) is 9.72 Å². The highest BCUT2D eigenvalue weighted by molar-refractivity contribution is 7.90. The largest absolute Gasteiger partial charge is 1.00 e. The van der Waals surface area contributed by atoms with Crippen LogP contribution in [0.3, 0.4) is 0 Å². The lowest BCUT2D eigenvalue weighted by Gasteiger charge is -2.20. The van der Waals surface area contributed by atoms with Gasteiger partial charge in [-0.15, -0.1) is 0 Å². The standard InChI is InChI=1S/C6H18N3S.ClH/c1-7(2)10(8(3)4)9(5)6;/h1-6H3;1H/q+1;/p-1. The van der Waals surface area contributed by atoms with Crippen LogP contribution in [0.2, 0.25) is 0 Å². The van der Waals surface area contributed by atoms with Gasteiger partial charge < -0.3 is 12.4 Å². The smallest absolute Gasteiger partial charge is 0.266 e. The molecule has 70 valence electrons. The second-order valence-electron chi connectivity index (χ2n) is 2.68. The molecule has 0 spiro atoms. The first-order valence-electron chi connectivity index (χ1n) is 3.23. The quantitative estimate of drug-likeness (QED) is 0.450. The molecular formula is C6H18ClN3S. The van der Waals surface area contributed by atoms with Crippen LogP contribution in [0.15, 0.2) is 0 Å². The summed E-state index contributed by atoms with van der Waals surface area (Å²) in [5, 5.41) is 0. The lowest BCUT2D eigenvalue weighted by atomic mass is 11.2. The second kappa shape index (κ2) is 6.08. The summed E-state index contributed by atoms with van der Waals surface area (Å²) in [6.07, 6.45) is 0. The van der Waals surface area contributed by atoms with E-state index in [2.05, 4.69) is 55.2 Å². The van der Waals surface area contributed by atoms with Crippen LogP contribution >= 0.6 is 0 Å². The molecule has 0 aromatic rings. The molecule has 5 heteroatoms. The molecule has 0 unspecified atom stereocenters. The summed E-state index contributed by atoms with van der Waals surface area (Å²) in [4.78, 5) is 0. The summed E-state index contributed by atoms with van der Waals surface area (Å²) in [5.74, 6) is 0. The molecule has 3 nitrogen and oxygen atoms in total. The van der Waals surface area contributed by atoms with Gasteiger partial charge in [0.2, 0.25) is 0 Å². The first-order chi connectivity index (χ1) is 4.46. The van der Waals surface area contributed by atoms with Crippen LogP contribution in [0.4, 0.5) is 0 Å². The van der Waals surface area contributed by atoms with E-state index in [-0.39, 0.29) is 23.9 Å². The Morgan fingerprint density at radius 1 is 0.636 bits per heavy atom. The molecule has 0 bridgehead atoms. The van der Waals surface area contributed by atoms with Gasteiger partial charge in [-0.2, -0.15) is 0 Å². The van der Waals surface area contributed by atoms with E-state index in [4.69, 9.17) is 0 Å². The van der Waals surface area contributed by atoms with Crippen LogP contribution in [-0.2, 0) is 11.5 Å². The molecule has 0 rings (SSSR count). The maximum Gasteiger partial charge on any atom is 0.266 e. The summed E-state index contributed by atoms with van der Waals surface area (Å²) >= 11 is 0.120. The molecule has 0 aromatic carbocycles. The van der Waals surface area contributed by atoms with Crippen molar-refractivity contribution in [2.75, 3.05) is 42.3 Å². The van der Waals surface area contributed by atoms with Gasteiger partial charge in [-0.1, -0.05) is 12.9 Å². The van der Waals surface area contributed by atoms with E-state index in [1.54, 1.807) is 0 Å². The van der Waals surface area contributed by atoms with Crippen LogP contribution in [0.5, 0.6) is 0 Å². The van der Waals surface area contributed by atoms with Crippen molar-refractivity contribution in [2.24, 2.45) is 0 Å². The minimum absolute atomic E-state index is 0. The van der Waals surface area contributed by atoms with E-state index in [1.807, 2.05) is 0 Å². The van der Waals surface area contributed by atoms with Gasteiger partial charge in [0.25, 0.3) is 11.5 Å². The Morgan fingerprint density at radius 3 is 0.818 bits per heavy atom. The van der Waals surface area contributed by atoms with Crippen molar-refractivity contribution < 1.29 is 12.4 Å². The van der Waals surface area contributed by atoms with Crippen molar-refractivity contribution >= 4 is 11.5 Å². The minimum Gasteiger partial charge on any atom is -1.00 e. The molecule has 0 aliphatic rings. The summed E-state index contributed by atoms with van der Waals surface area (Å²) < 4.78 is 6.58.